The molecule has 0 saturated carbocycles. The molecule has 15 nitrogen and oxygen atoms in total. The second-order valence-corrected chi connectivity index (χ2v) is 25.5. The van der Waals surface area contributed by atoms with Crippen LogP contribution in [0.4, 0.5) is 0 Å². The number of benzene rings is 8. The third-order valence-electron chi connectivity index (χ3n) is 17.8. The molecule has 0 aliphatic carbocycles. The third-order valence-corrected chi connectivity index (χ3v) is 17.8. The van der Waals surface area contributed by atoms with Gasteiger partial charge in [-0.2, -0.15) is 0 Å². The van der Waals surface area contributed by atoms with Crippen LogP contribution in [0.25, 0.3) is 0 Å². The van der Waals surface area contributed by atoms with Gasteiger partial charge in [-0.3, -0.25) is 0 Å². The lowest BCUT2D eigenvalue weighted by atomic mass is 9.93. The summed E-state index contributed by atoms with van der Waals surface area (Å²) in [6, 6.07) is 80.7. The highest BCUT2D eigenvalue weighted by atomic mass is 16.8. The lowest BCUT2D eigenvalue weighted by molar-refractivity contribution is -0.396. The summed E-state index contributed by atoms with van der Waals surface area (Å²) < 4.78 is 109. The van der Waals surface area contributed by atoms with E-state index in [-0.39, 0.29) is 52.9 Å². The summed E-state index contributed by atoms with van der Waals surface area (Å²) in [7, 11) is 0. The minimum atomic E-state index is -1.18. The molecule has 4 aliphatic heterocycles. The van der Waals surface area contributed by atoms with E-state index in [1.54, 1.807) is 0 Å². The van der Waals surface area contributed by atoms with E-state index in [1.807, 2.05) is 232 Å². The fourth-order valence-corrected chi connectivity index (χ4v) is 12.9. The summed E-state index contributed by atoms with van der Waals surface area (Å²) in [6.45, 7) is 8.03. The maximum atomic E-state index is 8.00. The van der Waals surface area contributed by atoms with E-state index in [1.165, 1.54) is 0 Å². The average Bonchev–Trinajstić information content (AvgIpc) is 1.54. The van der Waals surface area contributed by atoms with E-state index in [2.05, 4.69) is 31.2 Å². The van der Waals surface area contributed by atoms with Crippen LogP contribution in [-0.2, 0) is 124 Å². The summed E-state index contributed by atoms with van der Waals surface area (Å²) in [5.74, 6) is -1.03. The highest BCUT2D eigenvalue weighted by molar-refractivity contribution is 5.20. The third kappa shape index (κ3) is 19.5. The molecule has 0 bridgehead atoms. The quantitative estimate of drug-likeness (QED) is 0.0353. The van der Waals surface area contributed by atoms with Gasteiger partial charge < -0.3 is 71.1 Å². The Morgan fingerprint density at radius 3 is 1.05 bits per heavy atom. The lowest BCUT2D eigenvalue weighted by Gasteiger charge is -2.51. The van der Waals surface area contributed by atoms with Crippen molar-refractivity contribution in [2.75, 3.05) is 13.2 Å². The van der Waals surface area contributed by atoms with E-state index in [0.29, 0.717) is 19.6 Å². The monoisotopic (exact) mass is 1300 g/mol. The molecule has 12 rings (SSSR count). The van der Waals surface area contributed by atoms with Gasteiger partial charge in [-0.25, -0.2) is 0 Å². The van der Waals surface area contributed by atoms with Crippen LogP contribution in [0.1, 0.15) is 91.0 Å². The summed E-state index contributed by atoms with van der Waals surface area (Å²) >= 11 is 0. The van der Waals surface area contributed by atoms with Crippen molar-refractivity contribution < 1.29 is 71.1 Å². The number of fused-ring (bicyclic) bond motifs is 1. The van der Waals surface area contributed by atoms with Crippen LogP contribution in [0, 0.1) is 0 Å². The second-order valence-electron chi connectivity index (χ2n) is 25.5. The van der Waals surface area contributed by atoms with Crippen LogP contribution in [-0.4, -0.2) is 111 Å². The average molecular weight is 1310 g/mol. The van der Waals surface area contributed by atoms with Gasteiger partial charge in [0.1, 0.15) is 67.1 Å². The molecule has 4 heterocycles. The molecule has 0 radical (unpaired) electrons. The Hall–Kier alpha value is -6.84. The van der Waals surface area contributed by atoms with Crippen molar-refractivity contribution in [3.8, 4) is 0 Å². The predicted molar refractivity (Wildman–Crippen MR) is 362 cm³/mol. The van der Waals surface area contributed by atoms with Crippen LogP contribution >= 0.6 is 0 Å². The molecular weight excluding hydrogens is 1210 g/mol. The molecule has 0 aromatic heterocycles. The Bertz CT molecular complexity index is 3440. The highest BCUT2D eigenvalue weighted by Gasteiger charge is 2.60. The number of rotatable bonds is 34. The van der Waals surface area contributed by atoms with Gasteiger partial charge in [0, 0.05) is 0 Å². The Morgan fingerprint density at radius 2 is 0.615 bits per heavy atom. The molecule has 4 saturated heterocycles. The lowest BCUT2D eigenvalue weighted by Crippen LogP contribution is -2.68. The SMILES string of the molecule is CCCCC[C@@H]1O[C@@H](O[C@@H]2[C@@H](OCc3ccccc3)[C@H](OCc3ccccc3)O[C@H](COCc3ccccc3)[C@H]2O[C@@H]2O[C@H](COCc3ccccc3)[C@@H]3OC(C)(C)O[C@@H]3[C@H]2OCc2ccccc2)[C@@H](OCc2ccccc2)[C@H](OCc2ccccc2)[C@@H]1OCc1ccccc1. The molecule has 96 heavy (non-hydrogen) atoms. The Labute approximate surface area is 566 Å². The molecular formula is C81H92O15. The van der Waals surface area contributed by atoms with Crippen molar-refractivity contribution in [3.63, 3.8) is 0 Å². The Morgan fingerprint density at radius 1 is 0.292 bits per heavy atom. The van der Waals surface area contributed by atoms with Crippen molar-refractivity contribution in [3.05, 3.63) is 287 Å². The van der Waals surface area contributed by atoms with E-state index >= 15 is 0 Å². The zero-order valence-corrected chi connectivity index (χ0v) is 55.3. The standard InChI is InChI=1S/C81H92O15/c1-4-5-14-47-66-69(84-50-60-35-19-8-20-36-60)72(85-51-61-37-21-9-22-38-61)75(86-52-62-39-23-10-24-40-62)79(90-66)94-73-70(67(56-82-48-58-31-15-6-16-32-58)91-78(89-55-65-45-29-13-30-46-65)76(73)87-53-63-41-25-11-26-42-63)93-80-77(88-54-64-43-27-12-28-44-64)74-71(95-81(2,3)96-74)68(92-80)57-83-49-59-33-17-7-18-34-59/h6-13,15-46,66-80H,4-5,14,47-57H2,1-3H3/t66-,67+,68+,69+,70+,71-,72+,73-,74-,75-,76+,77+,78+,79-,80-/m0/s1. The molecule has 15 atom stereocenters. The maximum Gasteiger partial charge on any atom is 0.187 e. The van der Waals surface area contributed by atoms with Gasteiger partial charge in [0.05, 0.1) is 72.2 Å². The minimum Gasteiger partial charge on any atom is -0.374 e. The maximum absolute atomic E-state index is 8.00. The first-order valence-electron chi connectivity index (χ1n) is 34.1. The zero-order valence-electron chi connectivity index (χ0n) is 55.3. The highest BCUT2D eigenvalue weighted by Crippen LogP contribution is 2.43. The summed E-state index contributed by atoms with van der Waals surface area (Å²) in [4.78, 5) is 0. The van der Waals surface area contributed by atoms with Crippen molar-refractivity contribution >= 4 is 0 Å². The molecule has 4 fully saturated rings. The molecule has 506 valence electrons. The van der Waals surface area contributed by atoms with Crippen molar-refractivity contribution in [1.82, 2.24) is 0 Å². The normalized spacial score (nSPS) is 27.1. The van der Waals surface area contributed by atoms with Gasteiger partial charge in [-0.1, -0.05) is 269 Å². The Kier molecular flexibility index (Phi) is 25.6. The fourth-order valence-electron chi connectivity index (χ4n) is 12.9. The van der Waals surface area contributed by atoms with E-state index in [0.717, 1.165) is 63.8 Å². The molecule has 0 amide bonds. The summed E-state index contributed by atoms with van der Waals surface area (Å²) in [5, 5.41) is 0. The molecule has 8 aromatic rings. The number of ether oxygens (including phenoxy) is 15. The van der Waals surface area contributed by atoms with Gasteiger partial charge in [-0.05, 0) is 64.8 Å². The molecule has 0 N–H and O–H groups in total. The van der Waals surface area contributed by atoms with Crippen molar-refractivity contribution in [2.45, 2.75) is 197 Å². The molecule has 8 aromatic carbocycles. The molecule has 4 aliphatic rings. The van der Waals surface area contributed by atoms with Gasteiger partial charge in [-0.15, -0.1) is 0 Å². The largest absolute Gasteiger partial charge is 0.374 e. The first-order valence-corrected chi connectivity index (χ1v) is 34.1. The van der Waals surface area contributed by atoms with Crippen LogP contribution in [0.5, 0.6) is 0 Å². The van der Waals surface area contributed by atoms with Crippen LogP contribution < -0.4 is 0 Å². The van der Waals surface area contributed by atoms with Gasteiger partial charge in [0.15, 0.2) is 24.7 Å². The van der Waals surface area contributed by atoms with E-state index < -0.39 is 97.9 Å². The van der Waals surface area contributed by atoms with Gasteiger partial charge in [0.25, 0.3) is 0 Å². The van der Waals surface area contributed by atoms with Crippen LogP contribution in [0.3, 0.4) is 0 Å². The fraction of sp³-hybridized carbons (Fsp3) is 0.407. The van der Waals surface area contributed by atoms with E-state index in [9.17, 15) is 0 Å². The molecule has 0 unspecified atom stereocenters. The first kappa shape index (κ1) is 69.1. The van der Waals surface area contributed by atoms with Crippen LogP contribution in [0.15, 0.2) is 243 Å². The summed E-state index contributed by atoms with van der Waals surface area (Å²) in [6.07, 6.45) is -9.94. The number of unbranched alkanes of at least 4 members (excludes halogenated alkanes) is 2. The zero-order chi connectivity index (χ0) is 65.6. The first-order chi connectivity index (χ1) is 47.3. The minimum absolute atomic E-state index is 0.0118. The van der Waals surface area contributed by atoms with Gasteiger partial charge in [0.2, 0.25) is 0 Å². The summed E-state index contributed by atoms with van der Waals surface area (Å²) in [5.41, 5.74) is 7.73. The number of hydrogen-bond donors (Lipinski definition) is 0. The second kappa shape index (κ2) is 35.6. The van der Waals surface area contributed by atoms with Crippen LogP contribution in [0.2, 0.25) is 0 Å². The van der Waals surface area contributed by atoms with E-state index in [4.69, 9.17) is 71.1 Å². The topological polar surface area (TPSA) is 138 Å². The van der Waals surface area contributed by atoms with Crippen molar-refractivity contribution in [1.29, 1.82) is 0 Å². The number of hydrogen-bond acceptors (Lipinski definition) is 15. The van der Waals surface area contributed by atoms with Gasteiger partial charge >= 0.3 is 0 Å². The van der Waals surface area contributed by atoms with Crippen molar-refractivity contribution in [2.24, 2.45) is 0 Å². The molecule has 15 heteroatoms. The Balaban J connectivity index is 0.991. The predicted octanol–water partition coefficient (Wildman–Crippen LogP) is 14.6. The molecule has 0 spiro atoms. The smallest absolute Gasteiger partial charge is 0.187 e.